The van der Waals surface area contributed by atoms with Gasteiger partial charge in [0.15, 0.2) is 0 Å². The number of rotatable bonds is 15. The van der Waals surface area contributed by atoms with Crippen molar-refractivity contribution in [3.05, 3.63) is 83.0 Å². The zero-order chi connectivity index (χ0) is 29.2. The predicted octanol–water partition coefficient (Wildman–Crippen LogP) is 10.1. The van der Waals surface area contributed by atoms with E-state index in [0.29, 0.717) is 11.8 Å². The number of epoxide rings is 1. The molecule has 0 saturated carbocycles. The molecule has 0 radical (unpaired) electrons. The van der Waals surface area contributed by atoms with Crippen molar-refractivity contribution < 1.29 is 9.47 Å². The van der Waals surface area contributed by atoms with Gasteiger partial charge in [-0.2, -0.15) is 0 Å². The first kappa shape index (κ1) is 32.4. The monoisotopic (exact) mass is 560 g/mol. The average Bonchev–Trinajstić information content (AvgIpc) is 3.68. The van der Waals surface area contributed by atoms with Gasteiger partial charge in [0.1, 0.15) is 5.75 Å². The summed E-state index contributed by atoms with van der Waals surface area (Å²) in [6, 6.07) is 9.83. The fourth-order valence-corrected chi connectivity index (χ4v) is 9.40. The number of hydrogen-bond acceptors (Lipinski definition) is 2. The molecular formula is C37H56O2Si. The Balaban J connectivity index is 1.44. The third-order valence-electron chi connectivity index (χ3n) is 8.90. The molecule has 1 aliphatic carbocycles. The molecule has 0 bridgehead atoms. The van der Waals surface area contributed by atoms with Crippen LogP contribution in [0.3, 0.4) is 0 Å². The molecule has 220 valence electrons. The molecule has 1 fully saturated rings. The smallest absolute Gasteiger partial charge is 0.118 e. The summed E-state index contributed by atoms with van der Waals surface area (Å²) in [5.74, 6) is 2.16. The van der Waals surface area contributed by atoms with Crippen LogP contribution in [0.5, 0.6) is 5.75 Å². The van der Waals surface area contributed by atoms with Crippen LogP contribution in [0, 0.1) is 11.8 Å². The maximum atomic E-state index is 6.20. The minimum Gasteiger partial charge on any atom is -0.497 e. The summed E-state index contributed by atoms with van der Waals surface area (Å²) in [5.41, 5.74) is 6.06. The van der Waals surface area contributed by atoms with E-state index in [9.17, 15) is 0 Å². The first-order valence-corrected chi connectivity index (χ1v) is 18.8. The molecule has 1 aliphatic heterocycles. The fraction of sp³-hybridized carbons (Fsp3) is 0.568. The second kappa shape index (κ2) is 15.2. The molecule has 1 aromatic carbocycles. The van der Waals surface area contributed by atoms with Crippen molar-refractivity contribution in [1.82, 2.24) is 0 Å². The van der Waals surface area contributed by atoms with Gasteiger partial charge in [-0.15, -0.1) is 0 Å². The van der Waals surface area contributed by atoms with Crippen LogP contribution in [-0.4, -0.2) is 27.4 Å². The van der Waals surface area contributed by atoms with Gasteiger partial charge < -0.3 is 9.47 Å². The van der Waals surface area contributed by atoms with Gasteiger partial charge in [-0.1, -0.05) is 90.0 Å². The highest BCUT2D eigenvalue weighted by molar-refractivity contribution is 6.90. The lowest BCUT2D eigenvalue weighted by Gasteiger charge is -2.35. The van der Waals surface area contributed by atoms with Gasteiger partial charge in [0.25, 0.3) is 0 Å². The summed E-state index contributed by atoms with van der Waals surface area (Å²) in [5, 5.41) is 1.42. The van der Waals surface area contributed by atoms with Gasteiger partial charge in [-0.05, 0) is 109 Å². The van der Waals surface area contributed by atoms with E-state index in [1.54, 1.807) is 7.11 Å². The third-order valence-corrected chi connectivity index (χ3v) is 12.2. The van der Waals surface area contributed by atoms with Crippen LogP contribution in [0.1, 0.15) is 86.0 Å². The Hall–Kier alpha value is -2.10. The maximum Gasteiger partial charge on any atom is 0.118 e. The van der Waals surface area contributed by atoms with Gasteiger partial charge in [0.2, 0.25) is 0 Å². The molecule has 2 nitrogen and oxygen atoms in total. The van der Waals surface area contributed by atoms with Crippen LogP contribution >= 0.6 is 0 Å². The molecule has 0 unspecified atom stereocenters. The highest BCUT2D eigenvalue weighted by Crippen LogP contribution is 2.49. The lowest BCUT2D eigenvalue weighted by Crippen LogP contribution is -2.46. The van der Waals surface area contributed by atoms with Crippen LogP contribution in [0.25, 0.3) is 0 Å². The van der Waals surface area contributed by atoms with Crippen molar-refractivity contribution in [1.29, 1.82) is 0 Å². The highest BCUT2D eigenvalue weighted by atomic mass is 28.3. The number of benzene rings is 1. The Morgan fingerprint density at radius 2 is 1.45 bits per heavy atom. The number of hydrogen-bond donors (Lipinski definition) is 0. The topological polar surface area (TPSA) is 21.8 Å². The molecule has 1 saturated heterocycles. The van der Waals surface area contributed by atoms with E-state index in [-0.39, 0.29) is 5.60 Å². The second-order valence-electron chi connectivity index (χ2n) is 13.4. The summed E-state index contributed by atoms with van der Waals surface area (Å²) in [4.78, 5) is 0. The fourth-order valence-electron chi connectivity index (χ4n) is 6.17. The van der Waals surface area contributed by atoms with Crippen LogP contribution in [0.4, 0.5) is 0 Å². The van der Waals surface area contributed by atoms with Crippen molar-refractivity contribution in [2.24, 2.45) is 11.8 Å². The number of ether oxygens (including phenoxy) is 2. The van der Waals surface area contributed by atoms with Crippen molar-refractivity contribution in [2.75, 3.05) is 13.7 Å². The standard InChI is InChI=1S/C37H56O2Si/c1-29(2)14-11-15-30(3)16-12-17-31(4)18-13-19-32(5)22-23-33-24-25-34(37(26-33)28-39-37)27-40(7,8)36-21-10-9-20-35(36)38-6/h9-10,14,16,18,20-22,24-25,33-34H,11-13,15,17,19,23,26-28H2,1-8H3/b30-16+,31-18+,32-22+/t33-,34-,37+/m0/s1. The Kier molecular flexibility index (Phi) is 12.3. The molecule has 0 amide bonds. The molecule has 0 N–H and O–H groups in total. The molecule has 40 heavy (non-hydrogen) atoms. The highest BCUT2D eigenvalue weighted by Gasteiger charge is 2.54. The lowest BCUT2D eigenvalue weighted by molar-refractivity contribution is 0.211. The van der Waals surface area contributed by atoms with Gasteiger partial charge in [0, 0.05) is 5.92 Å². The summed E-state index contributed by atoms with van der Waals surface area (Å²) in [7, 11) is 0.126. The van der Waals surface area contributed by atoms with E-state index in [4.69, 9.17) is 9.47 Å². The third kappa shape index (κ3) is 10.1. The largest absolute Gasteiger partial charge is 0.497 e. The molecule has 1 spiro atoms. The molecule has 0 aromatic heterocycles. The van der Waals surface area contributed by atoms with Crippen LogP contribution < -0.4 is 9.92 Å². The van der Waals surface area contributed by atoms with Crippen molar-refractivity contribution in [3.63, 3.8) is 0 Å². The van der Waals surface area contributed by atoms with Crippen molar-refractivity contribution in [2.45, 2.75) is 111 Å². The van der Waals surface area contributed by atoms with E-state index in [1.807, 2.05) is 0 Å². The first-order chi connectivity index (χ1) is 19.0. The van der Waals surface area contributed by atoms with E-state index < -0.39 is 8.07 Å². The van der Waals surface area contributed by atoms with Crippen LogP contribution in [0.15, 0.2) is 83.0 Å². The van der Waals surface area contributed by atoms with Gasteiger partial charge in [0.05, 0.1) is 27.4 Å². The first-order valence-electron chi connectivity index (χ1n) is 15.6. The summed E-state index contributed by atoms with van der Waals surface area (Å²) in [6.45, 7) is 17.1. The van der Waals surface area contributed by atoms with Crippen molar-refractivity contribution in [3.8, 4) is 5.75 Å². The maximum absolute atomic E-state index is 6.20. The molecule has 1 heterocycles. The molecule has 3 heteroatoms. The Morgan fingerprint density at radius 1 is 0.875 bits per heavy atom. The van der Waals surface area contributed by atoms with Crippen LogP contribution in [0.2, 0.25) is 19.1 Å². The zero-order valence-electron chi connectivity index (χ0n) is 26.8. The Labute approximate surface area is 247 Å². The summed E-state index contributed by atoms with van der Waals surface area (Å²) >= 11 is 0. The minimum absolute atomic E-state index is 0.0751. The SMILES string of the molecule is COc1ccccc1[Si](C)(C)C[C@@H]1C=C[C@H](C/C=C(\C)CC/C=C(\C)CC/C=C(\C)CCC=C(C)C)C[C@@]12CO2. The molecule has 2 aliphatic rings. The Bertz CT molecular complexity index is 1110. The average molecular weight is 561 g/mol. The van der Waals surface area contributed by atoms with Crippen molar-refractivity contribution >= 4 is 13.3 Å². The molecule has 1 aromatic rings. The van der Waals surface area contributed by atoms with Crippen LogP contribution in [-0.2, 0) is 4.74 Å². The lowest BCUT2D eigenvalue weighted by atomic mass is 9.78. The Morgan fingerprint density at radius 3 is 2.02 bits per heavy atom. The second-order valence-corrected chi connectivity index (χ2v) is 18.1. The van der Waals surface area contributed by atoms with E-state index >= 15 is 0 Å². The van der Waals surface area contributed by atoms with Gasteiger partial charge >= 0.3 is 0 Å². The van der Waals surface area contributed by atoms with E-state index in [1.165, 1.54) is 52.8 Å². The zero-order valence-corrected chi connectivity index (χ0v) is 27.8. The quantitative estimate of drug-likeness (QED) is 0.121. The number of methoxy groups -OCH3 is 1. The minimum atomic E-state index is -1.67. The normalized spacial score (nSPS) is 23.4. The van der Waals surface area contributed by atoms with Gasteiger partial charge in [-0.25, -0.2) is 0 Å². The number of allylic oxidation sites excluding steroid dienone is 9. The molecule has 3 rings (SSSR count). The van der Waals surface area contributed by atoms with E-state index in [0.717, 1.165) is 44.5 Å². The summed E-state index contributed by atoms with van der Waals surface area (Å²) in [6.07, 6.45) is 24.0. The molecular weight excluding hydrogens is 504 g/mol. The van der Waals surface area contributed by atoms with Gasteiger partial charge in [-0.3, -0.25) is 0 Å². The summed E-state index contributed by atoms with van der Waals surface area (Å²) < 4.78 is 11.9. The van der Waals surface area contributed by atoms with E-state index in [2.05, 4.69) is 108 Å². The number of para-hydroxylation sites is 1. The predicted molar refractivity (Wildman–Crippen MR) is 177 cm³/mol. The molecule has 3 atom stereocenters.